The highest BCUT2D eigenvalue weighted by Gasteiger charge is 2.06. The molecule has 0 aliphatic rings. The van der Waals surface area contributed by atoms with Crippen LogP contribution in [-0.4, -0.2) is 30.4 Å². The second kappa shape index (κ2) is 8.31. The summed E-state index contributed by atoms with van der Waals surface area (Å²) in [5.74, 6) is 2.32. The number of hydrazone groups is 1. The quantitative estimate of drug-likeness (QED) is 0.400. The van der Waals surface area contributed by atoms with Crippen LogP contribution in [-0.2, 0) is 0 Å². The Morgan fingerprint density at radius 2 is 1.73 bits per heavy atom. The van der Waals surface area contributed by atoms with Crippen LogP contribution in [0, 0.1) is 0 Å². The number of halogens is 1. The highest BCUT2D eigenvalue weighted by Crippen LogP contribution is 2.27. The van der Waals surface area contributed by atoms with Gasteiger partial charge in [0.2, 0.25) is 0 Å². The molecular formula is C19H17ClN4O2. The van der Waals surface area contributed by atoms with Crippen molar-refractivity contribution in [2.75, 3.05) is 19.6 Å². The summed E-state index contributed by atoms with van der Waals surface area (Å²) in [4.78, 5) is 8.68. The van der Waals surface area contributed by atoms with Crippen molar-refractivity contribution < 1.29 is 9.47 Å². The van der Waals surface area contributed by atoms with E-state index in [9.17, 15) is 0 Å². The van der Waals surface area contributed by atoms with Gasteiger partial charge in [0.15, 0.2) is 23.1 Å². The largest absolute Gasteiger partial charge is 0.493 e. The van der Waals surface area contributed by atoms with E-state index < -0.39 is 0 Å². The van der Waals surface area contributed by atoms with Gasteiger partial charge in [0.05, 0.1) is 20.4 Å². The number of rotatable bonds is 6. The van der Waals surface area contributed by atoms with E-state index in [1.165, 1.54) is 0 Å². The zero-order chi connectivity index (χ0) is 18.4. The van der Waals surface area contributed by atoms with Crippen LogP contribution >= 0.6 is 11.6 Å². The Bertz CT molecular complexity index is 917. The van der Waals surface area contributed by atoms with E-state index in [0.717, 1.165) is 11.1 Å². The fraction of sp³-hybridized carbons (Fsp3) is 0.105. The summed E-state index contributed by atoms with van der Waals surface area (Å²) in [7, 11) is 3.18. The van der Waals surface area contributed by atoms with E-state index in [1.54, 1.807) is 26.5 Å². The molecule has 0 saturated heterocycles. The second-order valence-corrected chi connectivity index (χ2v) is 5.64. The van der Waals surface area contributed by atoms with Crippen molar-refractivity contribution in [1.82, 2.24) is 9.97 Å². The molecule has 0 radical (unpaired) electrons. The first-order valence-electron chi connectivity index (χ1n) is 7.80. The van der Waals surface area contributed by atoms with Crippen LogP contribution in [0.5, 0.6) is 11.5 Å². The Balaban J connectivity index is 1.77. The number of ether oxygens (including phenoxy) is 2. The van der Waals surface area contributed by atoms with Gasteiger partial charge in [0.25, 0.3) is 0 Å². The molecule has 7 heteroatoms. The Morgan fingerprint density at radius 1 is 0.962 bits per heavy atom. The lowest BCUT2D eigenvalue weighted by Gasteiger charge is -2.07. The fourth-order valence-electron chi connectivity index (χ4n) is 2.30. The molecule has 6 nitrogen and oxygen atoms in total. The highest BCUT2D eigenvalue weighted by atomic mass is 35.5. The molecule has 3 rings (SSSR count). The van der Waals surface area contributed by atoms with Gasteiger partial charge in [-0.2, -0.15) is 5.10 Å². The predicted octanol–water partition coefficient (Wildman–Crippen LogP) is 4.26. The molecule has 0 amide bonds. The smallest absolute Gasteiger partial charge is 0.163 e. The normalized spacial score (nSPS) is 10.7. The fourth-order valence-corrected chi connectivity index (χ4v) is 2.48. The number of nitrogens with zero attached hydrogens (tertiary/aromatic N) is 3. The van der Waals surface area contributed by atoms with Crippen LogP contribution in [0.3, 0.4) is 0 Å². The molecule has 0 aliphatic heterocycles. The average Bonchev–Trinajstić information content (AvgIpc) is 2.68. The minimum Gasteiger partial charge on any atom is -0.493 e. The first-order valence-corrected chi connectivity index (χ1v) is 8.18. The molecule has 1 N–H and O–H groups in total. The van der Waals surface area contributed by atoms with Crippen LogP contribution in [0.4, 0.5) is 5.82 Å². The Kier molecular flexibility index (Phi) is 5.66. The van der Waals surface area contributed by atoms with Crippen LogP contribution in [0.15, 0.2) is 59.7 Å². The SMILES string of the molecule is COc1ccc(/C=N/Nc2cc(Cl)nc(-c3ccccc3)n2)cc1OC. The van der Waals surface area contributed by atoms with Crippen molar-refractivity contribution in [1.29, 1.82) is 0 Å². The number of aromatic nitrogens is 2. The van der Waals surface area contributed by atoms with Crippen LogP contribution in [0.2, 0.25) is 5.15 Å². The van der Waals surface area contributed by atoms with E-state index in [-0.39, 0.29) is 0 Å². The van der Waals surface area contributed by atoms with Crippen molar-refractivity contribution in [3.63, 3.8) is 0 Å². The van der Waals surface area contributed by atoms with Crippen molar-refractivity contribution in [3.05, 3.63) is 65.3 Å². The number of benzene rings is 2. The molecule has 26 heavy (non-hydrogen) atoms. The molecule has 0 fully saturated rings. The van der Waals surface area contributed by atoms with Crippen molar-refractivity contribution in [2.24, 2.45) is 5.10 Å². The van der Waals surface area contributed by atoms with E-state index >= 15 is 0 Å². The number of hydrogen-bond donors (Lipinski definition) is 1. The minimum atomic E-state index is 0.336. The third-order valence-electron chi connectivity index (χ3n) is 3.53. The van der Waals surface area contributed by atoms with Gasteiger partial charge in [-0.25, -0.2) is 9.97 Å². The minimum absolute atomic E-state index is 0.336. The topological polar surface area (TPSA) is 68.6 Å². The molecule has 0 bridgehead atoms. The summed E-state index contributed by atoms with van der Waals surface area (Å²) in [6, 6.07) is 16.7. The molecule has 1 aromatic heterocycles. The Morgan fingerprint density at radius 3 is 2.46 bits per heavy atom. The zero-order valence-corrected chi connectivity index (χ0v) is 15.1. The second-order valence-electron chi connectivity index (χ2n) is 5.25. The van der Waals surface area contributed by atoms with Crippen molar-refractivity contribution >= 4 is 23.6 Å². The number of nitrogens with one attached hydrogen (secondary N) is 1. The Labute approximate surface area is 156 Å². The van der Waals surface area contributed by atoms with E-state index in [2.05, 4.69) is 20.5 Å². The molecule has 2 aromatic carbocycles. The summed E-state index contributed by atoms with van der Waals surface area (Å²) in [5.41, 5.74) is 4.59. The number of anilines is 1. The number of hydrogen-bond acceptors (Lipinski definition) is 6. The van der Waals surface area contributed by atoms with Crippen LogP contribution < -0.4 is 14.9 Å². The number of methoxy groups -OCH3 is 2. The first-order chi connectivity index (χ1) is 12.7. The summed E-state index contributed by atoms with van der Waals surface area (Å²) < 4.78 is 10.5. The third-order valence-corrected chi connectivity index (χ3v) is 3.72. The first kappa shape index (κ1) is 17.7. The molecule has 132 valence electrons. The van der Waals surface area contributed by atoms with Gasteiger partial charge in [0.1, 0.15) is 5.15 Å². The maximum Gasteiger partial charge on any atom is 0.163 e. The summed E-state index contributed by atoms with van der Waals surface area (Å²) in [6.07, 6.45) is 1.65. The molecule has 3 aromatic rings. The summed E-state index contributed by atoms with van der Waals surface area (Å²) >= 11 is 6.10. The summed E-state index contributed by atoms with van der Waals surface area (Å²) in [5, 5.41) is 4.53. The highest BCUT2D eigenvalue weighted by molar-refractivity contribution is 6.29. The van der Waals surface area contributed by atoms with E-state index in [1.807, 2.05) is 48.5 Å². The molecule has 0 aliphatic carbocycles. The lowest BCUT2D eigenvalue weighted by atomic mass is 10.2. The molecule has 0 spiro atoms. The average molecular weight is 369 g/mol. The van der Waals surface area contributed by atoms with E-state index in [4.69, 9.17) is 21.1 Å². The van der Waals surface area contributed by atoms with Gasteiger partial charge in [-0.05, 0) is 23.8 Å². The van der Waals surface area contributed by atoms with Gasteiger partial charge in [-0.1, -0.05) is 41.9 Å². The van der Waals surface area contributed by atoms with Crippen molar-refractivity contribution in [3.8, 4) is 22.9 Å². The van der Waals surface area contributed by atoms with Gasteiger partial charge in [-0.15, -0.1) is 0 Å². The Hall–Kier alpha value is -3.12. The van der Waals surface area contributed by atoms with Gasteiger partial charge in [0, 0.05) is 11.6 Å². The lowest BCUT2D eigenvalue weighted by molar-refractivity contribution is 0.355. The third kappa shape index (κ3) is 4.29. The van der Waals surface area contributed by atoms with Crippen LogP contribution in [0.1, 0.15) is 5.56 Å². The lowest BCUT2D eigenvalue weighted by Crippen LogP contribution is -1.98. The predicted molar refractivity (Wildman–Crippen MR) is 103 cm³/mol. The maximum atomic E-state index is 6.10. The standard InChI is InChI=1S/C19H17ClN4O2/c1-25-15-9-8-13(10-16(15)26-2)12-21-24-18-11-17(20)22-19(23-18)14-6-4-3-5-7-14/h3-12H,1-2H3,(H,22,23,24)/b21-12+. The molecule has 0 unspecified atom stereocenters. The van der Waals surface area contributed by atoms with Crippen LogP contribution in [0.25, 0.3) is 11.4 Å². The van der Waals surface area contributed by atoms with E-state index in [0.29, 0.717) is 28.3 Å². The summed E-state index contributed by atoms with van der Waals surface area (Å²) in [6.45, 7) is 0. The van der Waals surface area contributed by atoms with Gasteiger partial charge < -0.3 is 9.47 Å². The zero-order valence-electron chi connectivity index (χ0n) is 14.3. The molecule has 0 saturated carbocycles. The molecular weight excluding hydrogens is 352 g/mol. The molecule has 1 heterocycles. The van der Waals surface area contributed by atoms with Gasteiger partial charge >= 0.3 is 0 Å². The van der Waals surface area contributed by atoms with Gasteiger partial charge in [-0.3, -0.25) is 5.43 Å². The van der Waals surface area contributed by atoms with Crippen molar-refractivity contribution in [2.45, 2.75) is 0 Å². The molecule has 0 atom stereocenters. The maximum absolute atomic E-state index is 6.10. The monoisotopic (exact) mass is 368 g/mol.